The summed E-state index contributed by atoms with van der Waals surface area (Å²) in [5.41, 5.74) is 13.7. The van der Waals surface area contributed by atoms with Crippen molar-refractivity contribution in [3.05, 3.63) is 212 Å². The Hall–Kier alpha value is -7.95. The van der Waals surface area contributed by atoms with Crippen molar-refractivity contribution in [3.63, 3.8) is 0 Å². The fourth-order valence-electron chi connectivity index (χ4n) is 8.16. The number of hydrogen-bond acceptors (Lipinski definition) is 4. The van der Waals surface area contributed by atoms with Crippen LogP contribution in [0.25, 0.3) is 111 Å². The van der Waals surface area contributed by atoms with Crippen LogP contribution in [0.1, 0.15) is 0 Å². The Labute approximate surface area is 341 Å². The fourth-order valence-corrected chi connectivity index (χ4v) is 8.16. The predicted molar refractivity (Wildman–Crippen MR) is 243 cm³/mol. The molecule has 0 aliphatic carbocycles. The molecule has 0 spiro atoms. The summed E-state index contributed by atoms with van der Waals surface area (Å²) in [5, 5.41) is 4.62. The zero-order valence-electron chi connectivity index (χ0n) is 32.0. The Balaban J connectivity index is 0.943. The van der Waals surface area contributed by atoms with Gasteiger partial charge in [-0.25, -0.2) is 15.0 Å². The largest absolute Gasteiger partial charge is 0.456 e. The van der Waals surface area contributed by atoms with Crippen LogP contribution in [0.4, 0.5) is 0 Å². The van der Waals surface area contributed by atoms with Gasteiger partial charge in [0, 0.05) is 27.5 Å². The average molecular weight is 754 g/mol. The maximum atomic E-state index is 6.56. The van der Waals surface area contributed by atoms with Gasteiger partial charge in [0.05, 0.1) is 0 Å². The van der Waals surface area contributed by atoms with E-state index in [9.17, 15) is 0 Å². The Morgan fingerprint density at radius 1 is 0.271 bits per heavy atom. The molecule has 0 fully saturated rings. The highest BCUT2D eigenvalue weighted by molar-refractivity contribution is 6.13. The molecule has 59 heavy (non-hydrogen) atoms. The number of furan rings is 1. The van der Waals surface area contributed by atoms with Gasteiger partial charge in [-0.2, -0.15) is 0 Å². The lowest BCUT2D eigenvalue weighted by atomic mass is 9.94. The van der Waals surface area contributed by atoms with Crippen molar-refractivity contribution < 1.29 is 4.42 Å². The van der Waals surface area contributed by atoms with Gasteiger partial charge in [-0.05, 0) is 73.5 Å². The Kier molecular flexibility index (Phi) is 8.45. The van der Waals surface area contributed by atoms with Gasteiger partial charge in [0.2, 0.25) is 0 Å². The second-order valence-corrected chi connectivity index (χ2v) is 14.8. The van der Waals surface area contributed by atoms with Crippen molar-refractivity contribution >= 4 is 32.7 Å². The van der Waals surface area contributed by atoms with Crippen LogP contribution in [-0.4, -0.2) is 15.0 Å². The van der Waals surface area contributed by atoms with Crippen LogP contribution in [0.2, 0.25) is 0 Å². The standard InChI is InChI=1S/C55H35N3O/c1-3-11-36(12-4-1)37-21-23-38(24-22-37)39-25-31-44(32-26-39)54-56-53(43-14-5-2-6-15-43)57-55(58-54)45-33-34-49-51(35-45)59-50-20-10-19-48(52(49)50)42-29-27-41(28-30-42)47-18-9-16-40-13-7-8-17-46(40)47/h1-35H. The van der Waals surface area contributed by atoms with E-state index in [0.717, 1.165) is 60.9 Å². The topological polar surface area (TPSA) is 51.8 Å². The molecule has 0 radical (unpaired) electrons. The van der Waals surface area contributed by atoms with Gasteiger partial charge in [-0.1, -0.05) is 194 Å². The molecular formula is C55H35N3O. The molecule has 2 heterocycles. The minimum atomic E-state index is 0.584. The summed E-state index contributed by atoms with van der Waals surface area (Å²) < 4.78 is 6.56. The van der Waals surface area contributed by atoms with E-state index in [1.165, 1.54) is 33.0 Å². The first kappa shape index (κ1) is 34.3. The number of benzene rings is 9. The van der Waals surface area contributed by atoms with E-state index in [-0.39, 0.29) is 0 Å². The molecule has 276 valence electrons. The lowest BCUT2D eigenvalue weighted by Crippen LogP contribution is -2.00. The molecule has 9 aromatic carbocycles. The van der Waals surface area contributed by atoms with Crippen molar-refractivity contribution in [2.75, 3.05) is 0 Å². The molecular weight excluding hydrogens is 719 g/mol. The second kappa shape index (κ2) is 14.5. The molecule has 4 nitrogen and oxygen atoms in total. The van der Waals surface area contributed by atoms with E-state index < -0.39 is 0 Å². The van der Waals surface area contributed by atoms with Crippen molar-refractivity contribution in [3.8, 4) is 78.7 Å². The zero-order chi connectivity index (χ0) is 39.1. The van der Waals surface area contributed by atoms with Crippen LogP contribution in [-0.2, 0) is 0 Å². The lowest BCUT2D eigenvalue weighted by Gasteiger charge is -2.10. The summed E-state index contributed by atoms with van der Waals surface area (Å²) in [7, 11) is 0. The second-order valence-electron chi connectivity index (χ2n) is 14.8. The normalized spacial score (nSPS) is 11.4. The lowest BCUT2D eigenvalue weighted by molar-refractivity contribution is 0.669. The Morgan fingerprint density at radius 3 is 1.37 bits per heavy atom. The van der Waals surface area contributed by atoms with Crippen molar-refractivity contribution in [1.82, 2.24) is 15.0 Å². The maximum absolute atomic E-state index is 6.56. The monoisotopic (exact) mass is 753 g/mol. The van der Waals surface area contributed by atoms with Gasteiger partial charge >= 0.3 is 0 Å². The molecule has 0 aliphatic heterocycles. The predicted octanol–water partition coefficient (Wildman–Crippen LogP) is 14.6. The summed E-state index contributed by atoms with van der Waals surface area (Å²) in [6.45, 7) is 0. The SMILES string of the molecule is c1ccc(-c2ccc(-c3ccc(-c4nc(-c5ccccc5)nc(-c5ccc6c(c5)oc5cccc(-c7ccc(-c8cccc9ccccc89)cc7)c56)n4)cc3)cc2)cc1. The number of fused-ring (bicyclic) bond motifs is 4. The van der Waals surface area contributed by atoms with E-state index in [4.69, 9.17) is 19.4 Å². The number of rotatable bonds is 7. The Bertz CT molecular complexity index is 3280. The summed E-state index contributed by atoms with van der Waals surface area (Å²) in [5.74, 6) is 1.81. The van der Waals surface area contributed by atoms with Crippen molar-refractivity contribution in [1.29, 1.82) is 0 Å². The Morgan fingerprint density at radius 2 is 0.712 bits per heavy atom. The highest BCUT2D eigenvalue weighted by atomic mass is 16.3. The maximum Gasteiger partial charge on any atom is 0.164 e. The van der Waals surface area contributed by atoms with E-state index >= 15 is 0 Å². The van der Waals surface area contributed by atoms with Crippen LogP contribution in [0, 0.1) is 0 Å². The van der Waals surface area contributed by atoms with Gasteiger partial charge in [-0.3, -0.25) is 0 Å². The summed E-state index contributed by atoms with van der Waals surface area (Å²) >= 11 is 0. The quantitative estimate of drug-likeness (QED) is 0.163. The van der Waals surface area contributed by atoms with Crippen molar-refractivity contribution in [2.45, 2.75) is 0 Å². The van der Waals surface area contributed by atoms with E-state index in [2.05, 4.69) is 170 Å². The van der Waals surface area contributed by atoms with Gasteiger partial charge in [0.15, 0.2) is 17.5 Å². The van der Waals surface area contributed by atoms with E-state index in [0.29, 0.717) is 17.5 Å². The third kappa shape index (κ3) is 6.43. The summed E-state index contributed by atoms with van der Waals surface area (Å²) in [6, 6.07) is 74.1. The molecule has 0 saturated heterocycles. The molecule has 0 atom stereocenters. The average Bonchev–Trinajstić information content (AvgIpc) is 3.70. The first-order chi connectivity index (χ1) is 29.2. The van der Waals surface area contributed by atoms with Crippen LogP contribution in [0.5, 0.6) is 0 Å². The fraction of sp³-hybridized carbons (Fsp3) is 0. The zero-order valence-corrected chi connectivity index (χ0v) is 32.0. The molecule has 0 saturated carbocycles. The number of aromatic nitrogens is 3. The summed E-state index contributed by atoms with van der Waals surface area (Å²) in [4.78, 5) is 15.1. The molecule has 0 N–H and O–H groups in total. The molecule has 0 bridgehead atoms. The molecule has 0 aliphatic rings. The highest BCUT2D eigenvalue weighted by Crippen LogP contribution is 2.39. The van der Waals surface area contributed by atoms with Crippen LogP contribution in [0.15, 0.2) is 217 Å². The molecule has 11 rings (SSSR count). The third-order valence-corrected chi connectivity index (χ3v) is 11.2. The summed E-state index contributed by atoms with van der Waals surface area (Å²) in [6.07, 6.45) is 0. The molecule has 2 aromatic heterocycles. The van der Waals surface area contributed by atoms with Gasteiger partial charge < -0.3 is 4.42 Å². The van der Waals surface area contributed by atoms with Gasteiger partial charge in [-0.15, -0.1) is 0 Å². The van der Waals surface area contributed by atoms with Crippen LogP contribution >= 0.6 is 0 Å². The minimum absolute atomic E-state index is 0.584. The highest BCUT2D eigenvalue weighted by Gasteiger charge is 2.17. The van der Waals surface area contributed by atoms with Gasteiger partial charge in [0.25, 0.3) is 0 Å². The van der Waals surface area contributed by atoms with E-state index in [1.807, 2.05) is 42.5 Å². The van der Waals surface area contributed by atoms with Crippen LogP contribution < -0.4 is 0 Å². The first-order valence-electron chi connectivity index (χ1n) is 19.8. The van der Waals surface area contributed by atoms with Gasteiger partial charge in [0.1, 0.15) is 11.2 Å². The molecule has 11 aromatic rings. The molecule has 0 amide bonds. The minimum Gasteiger partial charge on any atom is -0.456 e. The van der Waals surface area contributed by atoms with Crippen molar-refractivity contribution in [2.24, 2.45) is 0 Å². The third-order valence-electron chi connectivity index (χ3n) is 11.2. The van der Waals surface area contributed by atoms with E-state index in [1.54, 1.807) is 0 Å². The molecule has 0 unspecified atom stereocenters. The molecule has 4 heteroatoms. The number of hydrogen-bond donors (Lipinski definition) is 0. The smallest absolute Gasteiger partial charge is 0.164 e. The number of nitrogens with zero attached hydrogens (tertiary/aromatic N) is 3. The van der Waals surface area contributed by atoms with Crippen LogP contribution in [0.3, 0.4) is 0 Å². The first-order valence-corrected chi connectivity index (χ1v) is 19.8.